The van der Waals surface area contributed by atoms with E-state index in [4.69, 9.17) is 0 Å². The summed E-state index contributed by atoms with van der Waals surface area (Å²) >= 11 is 0. The van der Waals surface area contributed by atoms with Crippen molar-refractivity contribution in [3.05, 3.63) is 36.7 Å². The average molecular weight is 279 g/mol. The predicted molar refractivity (Wildman–Crippen MR) is 75.5 cm³/mol. The van der Waals surface area contributed by atoms with Crippen LogP contribution in [0, 0.1) is 0 Å². The van der Waals surface area contributed by atoms with E-state index in [1.54, 1.807) is 30.6 Å². The maximum absolute atomic E-state index is 12.3. The molecule has 19 heavy (non-hydrogen) atoms. The third-order valence-electron chi connectivity index (χ3n) is 2.83. The van der Waals surface area contributed by atoms with E-state index < -0.39 is 10.0 Å². The van der Waals surface area contributed by atoms with Gasteiger partial charge in [-0.25, -0.2) is 13.1 Å². The van der Waals surface area contributed by atoms with Gasteiger partial charge in [-0.3, -0.25) is 4.98 Å². The molecule has 1 heterocycles. The number of hydrogen-bond acceptors (Lipinski definition) is 4. The van der Waals surface area contributed by atoms with Crippen molar-refractivity contribution in [2.75, 3.05) is 20.1 Å². The van der Waals surface area contributed by atoms with Crippen molar-refractivity contribution in [1.82, 2.24) is 15.0 Å². The van der Waals surface area contributed by atoms with Gasteiger partial charge in [0.05, 0.1) is 4.90 Å². The van der Waals surface area contributed by atoms with Crippen molar-refractivity contribution in [1.29, 1.82) is 0 Å². The zero-order valence-corrected chi connectivity index (χ0v) is 11.6. The Morgan fingerprint density at radius 3 is 2.84 bits per heavy atom. The zero-order valence-electron chi connectivity index (χ0n) is 10.8. The summed E-state index contributed by atoms with van der Waals surface area (Å²) < 4.78 is 27.1. The molecular weight excluding hydrogens is 262 g/mol. The standard InChI is InChI=1S/C13H17N3O2S/c1-14-7-3-8-16-19(17,18)13-5-2-4-11-10-15-9-6-12(11)13/h2,4-6,9-10,14,16H,3,7-8H2,1H3. The highest BCUT2D eigenvalue weighted by Gasteiger charge is 2.16. The Bertz CT molecular complexity index is 650. The fraction of sp³-hybridized carbons (Fsp3) is 0.308. The average Bonchev–Trinajstić information content (AvgIpc) is 2.43. The Morgan fingerprint density at radius 2 is 2.05 bits per heavy atom. The van der Waals surface area contributed by atoms with Crippen LogP contribution < -0.4 is 10.0 Å². The minimum atomic E-state index is -3.47. The SMILES string of the molecule is CNCCCNS(=O)(=O)c1cccc2cnccc12. The summed E-state index contributed by atoms with van der Waals surface area (Å²) in [5.41, 5.74) is 0. The fourth-order valence-electron chi connectivity index (χ4n) is 1.88. The lowest BCUT2D eigenvalue weighted by atomic mass is 10.2. The van der Waals surface area contributed by atoms with E-state index in [-0.39, 0.29) is 0 Å². The summed E-state index contributed by atoms with van der Waals surface area (Å²) in [4.78, 5) is 4.30. The van der Waals surface area contributed by atoms with Crippen molar-refractivity contribution in [2.45, 2.75) is 11.3 Å². The Balaban J connectivity index is 2.28. The van der Waals surface area contributed by atoms with E-state index in [9.17, 15) is 8.42 Å². The number of sulfonamides is 1. The highest BCUT2D eigenvalue weighted by atomic mass is 32.2. The summed E-state index contributed by atoms with van der Waals surface area (Å²) in [6.07, 6.45) is 4.01. The number of pyridine rings is 1. The molecular formula is C13H17N3O2S. The smallest absolute Gasteiger partial charge is 0.241 e. The van der Waals surface area contributed by atoms with Crippen LogP contribution in [0.4, 0.5) is 0 Å². The molecule has 5 nitrogen and oxygen atoms in total. The van der Waals surface area contributed by atoms with Gasteiger partial charge < -0.3 is 5.32 Å². The van der Waals surface area contributed by atoms with Crippen molar-refractivity contribution in [2.24, 2.45) is 0 Å². The van der Waals surface area contributed by atoms with Crippen LogP contribution in [0.2, 0.25) is 0 Å². The Morgan fingerprint density at radius 1 is 1.21 bits per heavy atom. The van der Waals surface area contributed by atoms with Crippen molar-refractivity contribution in [3.8, 4) is 0 Å². The molecule has 102 valence electrons. The van der Waals surface area contributed by atoms with Crippen molar-refractivity contribution in [3.63, 3.8) is 0 Å². The summed E-state index contributed by atoms with van der Waals surface area (Å²) in [5.74, 6) is 0. The topological polar surface area (TPSA) is 71.1 Å². The van der Waals surface area contributed by atoms with E-state index in [0.717, 1.165) is 18.4 Å². The molecule has 2 N–H and O–H groups in total. The lowest BCUT2D eigenvalue weighted by Crippen LogP contribution is -2.27. The zero-order chi connectivity index (χ0) is 13.7. The van der Waals surface area contributed by atoms with Gasteiger partial charge in [0.2, 0.25) is 10.0 Å². The Labute approximate surface area is 113 Å². The van der Waals surface area contributed by atoms with Crippen LogP contribution in [0.15, 0.2) is 41.6 Å². The maximum atomic E-state index is 12.3. The number of hydrogen-bond donors (Lipinski definition) is 2. The molecule has 0 radical (unpaired) electrons. The molecule has 0 amide bonds. The highest BCUT2D eigenvalue weighted by Crippen LogP contribution is 2.21. The van der Waals surface area contributed by atoms with Gasteiger partial charge in [-0.1, -0.05) is 12.1 Å². The Hall–Kier alpha value is -1.50. The number of rotatable bonds is 6. The van der Waals surface area contributed by atoms with Crippen LogP contribution >= 0.6 is 0 Å². The van der Waals surface area contributed by atoms with E-state index >= 15 is 0 Å². The molecule has 0 spiro atoms. The minimum absolute atomic E-state index is 0.303. The minimum Gasteiger partial charge on any atom is -0.320 e. The van der Waals surface area contributed by atoms with Gasteiger partial charge in [0.25, 0.3) is 0 Å². The summed E-state index contributed by atoms with van der Waals surface area (Å²) in [6, 6.07) is 6.91. The van der Waals surface area contributed by atoms with Crippen LogP contribution in [0.1, 0.15) is 6.42 Å². The largest absolute Gasteiger partial charge is 0.320 e. The van der Waals surface area contributed by atoms with Gasteiger partial charge in [-0.2, -0.15) is 0 Å². The summed E-state index contributed by atoms with van der Waals surface area (Å²) in [5, 5.41) is 4.49. The molecule has 0 saturated carbocycles. The number of aromatic nitrogens is 1. The first-order valence-corrected chi connectivity index (χ1v) is 7.60. The molecule has 0 fully saturated rings. The molecule has 0 aliphatic heterocycles. The molecule has 0 atom stereocenters. The molecule has 0 saturated heterocycles. The third-order valence-corrected chi connectivity index (χ3v) is 4.35. The van der Waals surface area contributed by atoms with Crippen LogP contribution in [-0.2, 0) is 10.0 Å². The molecule has 0 bridgehead atoms. The number of nitrogens with one attached hydrogen (secondary N) is 2. The lowest BCUT2D eigenvalue weighted by Gasteiger charge is -2.09. The Kier molecular flexibility index (Phi) is 4.47. The monoisotopic (exact) mass is 279 g/mol. The number of nitrogens with zero attached hydrogens (tertiary/aromatic N) is 1. The third kappa shape index (κ3) is 3.28. The second kappa shape index (κ2) is 6.10. The van der Waals surface area contributed by atoms with Crippen molar-refractivity contribution < 1.29 is 8.42 Å². The van der Waals surface area contributed by atoms with E-state index in [1.165, 1.54) is 0 Å². The van der Waals surface area contributed by atoms with Crippen LogP contribution in [0.5, 0.6) is 0 Å². The number of benzene rings is 1. The second-order valence-electron chi connectivity index (χ2n) is 4.21. The molecule has 1 aromatic carbocycles. The van der Waals surface area contributed by atoms with Gasteiger partial charge >= 0.3 is 0 Å². The first-order valence-electron chi connectivity index (χ1n) is 6.12. The van der Waals surface area contributed by atoms with E-state index in [2.05, 4.69) is 15.0 Å². The second-order valence-corrected chi connectivity index (χ2v) is 5.94. The van der Waals surface area contributed by atoms with Crippen LogP contribution in [-0.4, -0.2) is 33.5 Å². The first kappa shape index (κ1) is 13.9. The summed E-state index contributed by atoms with van der Waals surface area (Å²) in [7, 11) is -1.63. The number of fused-ring (bicyclic) bond motifs is 1. The predicted octanol–water partition coefficient (Wildman–Crippen LogP) is 1.12. The van der Waals surface area contributed by atoms with E-state index in [1.807, 2.05) is 13.1 Å². The van der Waals surface area contributed by atoms with Gasteiger partial charge in [-0.05, 0) is 32.1 Å². The normalized spacial score (nSPS) is 11.8. The lowest BCUT2D eigenvalue weighted by molar-refractivity contribution is 0.578. The quantitative estimate of drug-likeness (QED) is 0.777. The molecule has 0 unspecified atom stereocenters. The van der Waals surface area contributed by atoms with Gasteiger partial charge in [-0.15, -0.1) is 0 Å². The fourth-order valence-corrected chi connectivity index (χ4v) is 3.18. The van der Waals surface area contributed by atoms with Crippen molar-refractivity contribution >= 4 is 20.8 Å². The summed E-state index contributed by atoms with van der Waals surface area (Å²) in [6.45, 7) is 1.20. The highest BCUT2D eigenvalue weighted by molar-refractivity contribution is 7.89. The maximum Gasteiger partial charge on any atom is 0.241 e. The molecule has 0 aliphatic carbocycles. The first-order chi connectivity index (χ1) is 9.15. The van der Waals surface area contributed by atoms with Crippen LogP contribution in [0.3, 0.4) is 0 Å². The molecule has 2 aromatic rings. The van der Waals surface area contributed by atoms with Gasteiger partial charge in [0, 0.05) is 29.7 Å². The van der Waals surface area contributed by atoms with E-state index in [0.29, 0.717) is 16.8 Å². The van der Waals surface area contributed by atoms with Gasteiger partial charge in [0.15, 0.2) is 0 Å². The van der Waals surface area contributed by atoms with Gasteiger partial charge in [0.1, 0.15) is 0 Å². The molecule has 6 heteroatoms. The molecule has 0 aliphatic rings. The molecule has 1 aromatic heterocycles. The van der Waals surface area contributed by atoms with Crippen LogP contribution in [0.25, 0.3) is 10.8 Å². The molecule has 2 rings (SSSR count).